The van der Waals surface area contributed by atoms with Crippen molar-refractivity contribution in [3.05, 3.63) is 70.3 Å². The highest BCUT2D eigenvalue weighted by Gasteiger charge is 2.41. The summed E-state index contributed by atoms with van der Waals surface area (Å²) in [6, 6.07) is 9.63. The van der Waals surface area contributed by atoms with E-state index in [4.69, 9.17) is 5.21 Å². The van der Waals surface area contributed by atoms with Crippen LogP contribution < -0.4 is 16.1 Å². The molecule has 4 N–H and O–H groups in total. The van der Waals surface area contributed by atoms with Gasteiger partial charge in [-0.2, -0.15) is 8.78 Å². The van der Waals surface area contributed by atoms with E-state index in [1.54, 1.807) is 35.8 Å². The Morgan fingerprint density at radius 3 is 2.41 bits per heavy atom. The molecule has 1 unspecified atom stereocenters. The van der Waals surface area contributed by atoms with Crippen LogP contribution in [0.25, 0.3) is 0 Å². The van der Waals surface area contributed by atoms with Crippen LogP contribution in [0.2, 0.25) is 0 Å². The van der Waals surface area contributed by atoms with Gasteiger partial charge in [-0.3, -0.25) is 34.5 Å². The first-order chi connectivity index (χ1) is 19.6. The topological polar surface area (TPSA) is 145 Å². The van der Waals surface area contributed by atoms with Crippen molar-refractivity contribution >= 4 is 29.5 Å². The van der Waals surface area contributed by atoms with Gasteiger partial charge in [0.2, 0.25) is 17.7 Å². The maximum absolute atomic E-state index is 14.9. The Morgan fingerprint density at radius 2 is 1.71 bits per heavy atom. The van der Waals surface area contributed by atoms with Crippen LogP contribution in [0.15, 0.2) is 42.5 Å². The minimum absolute atomic E-state index is 0.139. The number of hydroxylamine groups is 1. The van der Waals surface area contributed by atoms with Crippen molar-refractivity contribution in [2.45, 2.75) is 76.4 Å². The summed E-state index contributed by atoms with van der Waals surface area (Å²) in [5.74, 6) is -6.86. The molecule has 2 aliphatic rings. The normalized spacial score (nSPS) is 16.8. The molecule has 2 aliphatic heterocycles. The van der Waals surface area contributed by atoms with E-state index in [1.807, 2.05) is 0 Å². The summed E-state index contributed by atoms with van der Waals surface area (Å²) in [4.78, 5) is 61.3. The molecule has 2 heterocycles. The Bertz CT molecular complexity index is 1330. The third kappa shape index (κ3) is 7.12. The van der Waals surface area contributed by atoms with Crippen molar-refractivity contribution < 1.29 is 38.0 Å². The van der Waals surface area contributed by atoms with E-state index in [-0.39, 0.29) is 44.2 Å². The van der Waals surface area contributed by atoms with E-state index in [1.165, 1.54) is 17.0 Å². The first-order valence-corrected chi connectivity index (χ1v) is 13.5. The first-order valence-electron chi connectivity index (χ1n) is 13.5. The van der Waals surface area contributed by atoms with E-state index in [0.29, 0.717) is 29.5 Å². The molecule has 2 aromatic rings. The maximum Gasteiger partial charge on any atom is 0.349 e. The molecule has 41 heavy (non-hydrogen) atoms. The number of nitrogens with zero attached hydrogens (tertiary/aromatic N) is 1. The molecule has 12 heteroatoms. The minimum Gasteiger partial charge on any atom is -0.346 e. The number of benzene rings is 2. The highest BCUT2D eigenvalue weighted by Crippen LogP contribution is 2.30. The van der Waals surface area contributed by atoms with Gasteiger partial charge in [0.25, 0.3) is 11.8 Å². The predicted octanol–water partition coefficient (Wildman–Crippen LogP) is 2.85. The average molecular weight is 571 g/mol. The molecule has 1 fully saturated rings. The van der Waals surface area contributed by atoms with Crippen LogP contribution in [0.5, 0.6) is 0 Å². The van der Waals surface area contributed by atoms with E-state index < -0.39 is 35.2 Å². The maximum atomic E-state index is 14.9. The molecular weight excluding hydrogens is 538 g/mol. The lowest BCUT2D eigenvalue weighted by Gasteiger charge is -2.29. The van der Waals surface area contributed by atoms with Crippen molar-refractivity contribution in [3.8, 4) is 0 Å². The van der Waals surface area contributed by atoms with Crippen molar-refractivity contribution in [1.29, 1.82) is 0 Å². The van der Waals surface area contributed by atoms with Crippen LogP contribution in [0.1, 0.15) is 77.6 Å². The summed E-state index contributed by atoms with van der Waals surface area (Å²) in [6.07, 6.45) is 4.42. The van der Waals surface area contributed by atoms with Gasteiger partial charge in [-0.15, -0.1) is 0 Å². The number of aryl methyl sites for hydroxylation is 1. The number of fused-ring (bicyclic) bond motifs is 1. The van der Waals surface area contributed by atoms with E-state index in [0.717, 1.165) is 24.8 Å². The molecule has 0 aliphatic carbocycles. The van der Waals surface area contributed by atoms with Gasteiger partial charge in [0.05, 0.1) is 0 Å². The molecule has 0 bridgehead atoms. The highest BCUT2D eigenvalue weighted by atomic mass is 19.3. The largest absolute Gasteiger partial charge is 0.349 e. The smallest absolute Gasteiger partial charge is 0.346 e. The van der Waals surface area contributed by atoms with Gasteiger partial charge in [0.15, 0.2) is 0 Å². The van der Waals surface area contributed by atoms with Crippen LogP contribution in [0.3, 0.4) is 0 Å². The van der Waals surface area contributed by atoms with Gasteiger partial charge in [-0.05, 0) is 48.4 Å². The average Bonchev–Trinajstić information content (AvgIpc) is 3.28. The minimum atomic E-state index is -3.75. The first kappa shape index (κ1) is 29.8. The van der Waals surface area contributed by atoms with Crippen molar-refractivity contribution in [2.75, 3.05) is 0 Å². The van der Waals surface area contributed by atoms with Gasteiger partial charge in [0.1, 0.15) is 6.04 Å². The Labute approximate surface area is 235 Å². The molecule has 4 rings (SSSR count). The lowest BCUT2D eigenvalue weighted by atomic mass is 10.0. The third-order valence-corrected chi connectivity index (χ3v) is 7.39. The van der Waals surface area contributed by atoms with Crippen molar-refractivity contribution in [1.82, 2.24) is 21.0 Å². The molecule has 0 saturated carbocycles. The fourth-order valence-electron chi connectivity index (χ4n) is 5.07. The monoisotopic (exact) mass is 570 g/mol. The second-order valence-corrected chi connectivity index (χ2v) is 10.3. The van der Waals surface area contributed by atoms with Gasteiger partial charge in [-0.1, -0.05) is 49.2 Å². The summed E-state index contributed by atoms with van der Waals surface area (Å²) >= 11 is 0. The summed E-state index contributed by atoms with van der Waals surface area (Å²) in [7, 11) is 0. The molecule has 2 aromatic carbocycles. The van der Waals surface area contributed by atoms with Crippen LogP contribution in [-0.4, -0.2) is 45.7 Å². The number of carbonyl (C=O) groups is 5. The molecule has 0 radical (unpaired) electrons. The zero-order valence-electron chi connectivity index (χ0n) is 22.4. The lowest BCUT2D eigenvalue weighted by Crippen LogP contribution is -2.52. The summed E-state index contributed by atoms with van der Waals surface area (Å²) < 4.78 is 29.8. The van der Waals surface area contributed by atoms with E-state index in [9.17, 15) is 32.8 Å². The molecule has 5 amide bonds. The fourth-order valence-corrected chi connectivity index (χ4v) is 5.07. The Kier molecular flexibility index (Phi) is 9.43. The number of nitrogens with one attached hydrogen (secondary N) is 3. The number of unbranched alkanes of at least 4 members (excludes halogenated alkanes) is 3. The van der Waals surface area contributed by atoms with Crippen LogP contribution in [-0.2, 0) is 44.6 Å². The van der Waals surface area contributed by atoms with Crippen molar-refractivity contribution in [3.63, 3.8) is 0 Å². The van der Waals surface area contributed by atoms with Gasteiger partial charge < -0.3 is 10.2 Å². The van der Waals surface area contributed by atoms with E-state index in [2.05, 4.69) is 10.6 Å². The number of carbonyl (C=O) groups excluding carboxylic acids is 5. The lowest BCUT2D eigenvalue weighted by molar-refractivity contribution is -0.147. The molecule has 0 aromatic heterocycles. The van der Waals surface area contributed by atoms with Crippen molar-refractivity contribution in [2.24, 2.45) is 0 Å². The van der Waals surface area contributed by atoms with Gasteiger partial charge >= 0.3 is 5.92 Å². The fraction of sp³-hybridized carbons (Fsp3) is 0.414. The number of alkyl halides is 2. The Hall–Kier alpha value is -4.19. The quantitative estimate of drug-likeness (QED) is 0.134. The Balaban J connectivity index is 1.27. The summed E-state index contributed by atoms with van der Waals surface area (Å²) in [5.41, 5.74) is 3.56. The molecular formula is C29H32F2N4O6. The SMILES string of the molecule is O=C(CCCCCCc1ccc(C(F)(F)C(=O)NCc2ccc3c(c2)CN(C2CCC(=O)NC2=O)C3=O)cc1)NO. The van der Waals surface area contributed by atoms with Gasteiger partial charge in [0, 0.05) is 37.1 Å². The number of halogens is 2. The Morgan fingerprint density at radius 1 is 1.00 bits per heavy atom. The molecule has 0 spiro atoms. The number of hydrogen-bond donors (Lipinski definition) is 4. The molecule has 1 atom stereocenters. The molecule has 218 valence electrons. The number of rotatable bonds is 12. The van der Waals surface area contributed by atoms with Crippen LogP contribution in [0.4, 0.5) is 8.78 Å². The number of hydrogen-bond acceptors (Lipinski definition) is 6. The highest BCUT2D eigenvalue weighted by molar-refractivity contribution is 6.05. The molecule has 1 saturated heterocycles. The third-order valence-electron chi connectivity index (χ3n) is 7.39. The van der Waals surface area contributed by atoms with E-state index >= 15 is 0 Å². The second kappa shape index (κ2) is 13.0. The van der Waals surface area contributed by atoms with Gasteiger partial charge in [-0.25, -0.2) is 5.48 Å². The standard InChI is InChI=1S/C29H32F2N4O6/c30-29(31,21-10-7-18(8-11-21)5-3-1-2-4-6-25(37)34-41)28(40)32-16-19-9-12-22-20(15-19)17-35(27(22)39)23-13-14-24(36)33-26(23)38/h7-12,15,23,41H,1-6,13-14,16-17H2,(H,32,40)(H,34,37)(H,33,36,38). The zero-order valence-corrected chi connectivity index (χ0v) is 22.4. The molecule has 10 nitrogen and oxygen atoms in total. The second-order valence-electron chi connectivity index (χ2n) is 10.3. The zero-order chi connectivity index (χ0) is 29.6. The van der Waals surface area contributed by atoms with Crippen LogP contribution >= 0.6 is 0 Å². The number of amides is 5. The predicted molar refractivity (Wildman–Crippen MR) is 141 cm³/mol. The van der Waals surface area contributed by atoms with Crippen LogP contribution in [0, 0.1) is 0 Å². The summed E-state index contributed by atoms with van der Waals surface area (Å²) in [5, 5.41) is 13.0. The number of imide groups is 1. The number of piperidine rings is 1. The summed E-state index contributed by atoms with van der Waals surface area (Å²) in [6.45, 7) is -0.0298.